The minimum absolute atomic E-state index is 0.209. The number of benzene rings is 1. The monoisotopic (exact) mass is 399 g/mol. The van der Waals surface area contributed by atoms with Crippen molar-refractivity contribution in [3.63, 3.8) is 0 Å². The molecule has 0 bridgehead atoms. The topological polar surface area (TPSA) is 105 Å². The van der Waals surface area contributed by atoms with E-state index >= 15 is 0 Å². The van der Waals surface area contributed by atoms with Crippen LogP contribution in [0.1, 0.15) is 16.1 Å². The maximum absolute atomic E-state index is 12.3. The van der Waals surface area contributed by atoms with Gasteiger partial charge in [-0.15, -0.1) is 10.2 Å². The molecule has 8 nitrogen and oxygen atoms in total. The fourth-order valence-electron chi connectivity index (χ4n) is 2.88. The summed E-state index contributed by atoms with van der Waals surface area (Å²) < 4.78 is 0. The van der Waals surface area contributed by atoms with Gasteiger partial charge >= 0.3 is 0 Å². The van der Waals surface area contributed by atoms with E-state index in [2.05, 4.69) is 36.1 Å². The molecule has 0 spiro atoms. The largest absolute Gasteiger partial charge is 0.367 e. The van der Waals surface area contributed by atoms with Gasteiger partial charge in [-0.05, 0) is 48.9 Å². The number of para-hydroxylation sites is 1. The van der Waals surface area contributed by atoms with Crippen LogP contribution in [0.15, 0.2) is 66.9 Å². The molecule has 0 unspecified atom stereocenters. The quantitative estimate of drug-likeness (QED) is 0.410. The number of nitrogens with one attached hydrogen (secondary N) is 3. The van der Waals surface area contributed by atoms with Crippen molar-refractivity contribution in [3.8, 4) is 0 Å². The SMILES string of the molecule is Cc1ccnc(Nc2ccc(NCCNC(=O)c3ccc4ccccc4n3)nn2)c1. The normalized spacial score (nSPS) is 10.6. The van der Waals surface area contributed by atoms with Crippen LogP contribution in [0.2, 0.25) is 0 Å². The van der Waals surface area contributed by atoms with E-state index in [-0.39, 0.29) is 5.91 Å². The second-order valence-corrected chi connectivity index (χ2v) is 6.72. The Morgan fingerprint density at radius 3 is 2.57 bits per heavy atom. The van der Waals surface area contributed by atoms with Crippen LogP contribution in [0, 0.1) is 6.92 Å². The van der Waals surface area contributed by atoms with E-state index in [1.54, 1.807) is 12.3 Å². The predicted molar refractivity (Wildman–Crippen MR) is 117 cm³/mol. The van der Waals surface area contributed by atoms with Gasteiger partial charge in [0.1, 0.15) is 17.3 Å². The maximum Gasteiger partial charge on any atom is 0.269 e. The highest BCUT2D eigenvalue weighted by atomic mass is 16.1. The zero-order valence-electron chi connectivity index (χ0n) is 16.5. The minimum Gasteiger partial charge on any atom is -0.367 e. The molecule has 0 saturated heterocycles. The van der Waals surface area contributed by atoms with Crippen LogP contribution < -0.4 is 16.0 Å². The molecule has 4 rings (SSSR count). The smallest absolute Gasteiger partial charge is 0.269 e. The molecule has 3 N–H and O–H groups in total. The summed E-state index contributed by atoms with van der Waals surface area (Å²) in [6.07, 6.45) is 1.74. The van der Waals surface area contributed by atoms with Gasteiger partial charge in [0.2, 0.25) is 0 Å². The number of aryl methyl sites for hydroxylation is 1. The molecule has 1 amide bonds. The van der Waals surface area contributed by atoms with Gasteiger partial charge in [-0.25, -0.2) is 9.97 Å². The van der Waals surface area contributed by atoms with Crippen molar-refractivity contribution in [2.45, 2.75) is 6.92 Å². The van der Waals surface area contributed by atoms with Crippen LogP contribution in [0.4, 0.5) is 17.5 Å². The molecule has 0 atom stereocenters. The zero-order chi connectivity index (χ0) is 20.8. The molecule has 150 valence electrons. The van der Waals surface area contributed by atoms with Crippen LogP contribution >= 0.6 is 0 Å². The molecule has 1 aromatic carbocycles. The first kappa shape index (κ1) is 19.3. The molecule has 0 saturated carbocycles. The number of aromatic nitrogens is 4. The number of hydrogen-bond acceptors (Lipinski definition) is 7. The van der Waals surface area contributed by atoms with Gasteiger partial charge in [0.25, 0.3) is 5.91 Å². The fourth-order valence-corrected chi connectivity index (χ4v) is 2.88. The molecule has 0 aliphatic heterocycles. The van der Waals surface area contributed by atoms with E-state index in [9.17, 15) is 4.79 Å². The molecule has 3 heterocycles. The summed E-state index contributed by atoms with van der Waals surface area (Å²) in [5.74, 6) is 1.74. The van der Waals surface area contributed by atoms with Crippen LogP contribution in [-0.2, 0) is 0 Å². The maximum atomic E-state index is 12.3. The lowest BCUT2D eigenvalue weighted by Crippen LogP contribution is -2.29. The van der Waals surface area contributed by atoms with Gasteiger partial charge in [-0.3, -0.25) is 4.79 Å². The molecular weight excluding hydrogens is 378 g/mol. The Labute approximate surface area is 173 Å². The lowest BCUT2D eigenvalue weighted by atomic mass is 10.2. The van der Waals surface area contributed by atoms with Gasteiger partial charge in [-0.1, -0.05) is 24.3 Å². The Bertz CT molecular complexity index is 1160. The van der Waals surface area contributed by atoms with E-state index in [4.69, 9.17) is 0 Å². The molecule has 0 radical (unpaired) electrons. The molecule has 0 aliphatic rings. The highest BCUT2D eigenvalue weighted by Crippen LogP contribution is 2.14. The van der Waals surface area contributed by atoms with Gasteiger partial charge in [-0.2, -0.15) is 0 Å². The first-order valence-corrected chi connectivity index (χ1v) is 9.59. The summed E-state index contributed by atoms with van der Waals surface area (Å²) in [6.45, 7) is 2.95. The van der Waals surface area contributed by atoms with E-state index in [1.807, 2.05) is 61.5 Å². The average molecular weight is 399 g/mol. The van der Waals surface area contributed by atoms with Crippen molar-refractivity contribution < 1.29 is 4.79 Å². The van der Waals surface area contributed by atoms with E-state index in [0.29, 0.717) is 30.4 Å². The summed E-state index contributed by atoms with van der Waals surface area (Å²) in [6, 6.07) is 18.8. The number of rotatable bonds is 7. The van der Waals surface area contributed by atoms with Gasteiger partial charge in [0.05, 0.1) is 5.52 Å². The van der Waals surface area contributed by atoms with Crippen molar-refractivity contribution in [2.75, 3.05) is 23.7 Å². The average Bonchev–Trinajstić information content (AvgIpc) is 2.77. The Morgan fingerprint density at radius 2 is 1.73 bits per heavy atom. The molecule has 4 aromatic rings. The summed E-state index contributed by atoms with van der Waals surface area (Å²) in [5, 5.41) is 18.4. The Balaban J connectivity index is 1.25. The number of carbonyl (C=O) groups excluding carboxylic acids is 1. The Kier molecular flexibility index (Phi) is 5.75. The predicted octanol–water partition coefficient (Wildman–Crippen LogP) is 3.31. The van der Waals surface area contributed by atoms with Crippen molar-refractivity contribution in [3.05, 3.63) is 78.1 Å². The lowest BCUT2D eigenvalue weighted by molar-refractivity contribution is 0.0950. The second-order valence-electron chi connectivity index (χ2n) is 6.72. The van der Waals surface area contributed by atoms with Crippen LogP contribution in [0.3, 0.4) is 0 Å². The van der Waals surface area contributed by atoms with Crippen molar-refractivity contribution in [1.82, 2.24) is 25.5 Å². The molecule has 8 heteroatoms. The van der Waals surface area contributed by atoms with Crippen molar-refractivity contribution >= 4 is 34.3 Å². The van der Waals surface area contributed by atoms with Crippen molar-refractivity contribution in [2.24, 2.45) is 0 Å². The van der Waals surface area contributed by atoms with Crippen LogP contribution in [0.5, 0.6) is 0 Å². The van der Waals surface area contributed by atoms with E-state index in [1.165, 1.54) is 0 Å². The van der Waals surface area contributed by atoms with E-state index < -0.39 is 0 Å². The molecule has 0 fully saturated rings. The third-order valence-electron chi connectivity index (χ3n) is 4.38. The summed E-state index contributed by atoms with van der Waals surface area (Å²) in [5.41, 5.74) is 2.31. The summed E-state index contributed by atoms with van der Waals surface area (Å²) in [7, 11) is 0. The lowest BCUT2D eigenvalue weighted by Gasteiger charge is -2.08. The van der Waals surface area contributed by atoms with Crippen LogP contribution in [0.25, 0.3) is 10.9 Å². The van der Waals surface area contributed by atoms with Gasteiger partial charge in [0, 0.05) is 24.7 Å². The van der Waals surface area contributed by atoms with Gasteiger partial charge in [0.15, 0.2) is 5.82 Å². The number of amides is 1. The highest BCUT2D eigenvalue weighted by molar-refractivity contribution is 5.94. The number of pyridine rings is 2. The number of hydrogen-bond donors (Lipinski definition) is 3. The third-order valence-corrected chi connectivity index (χ3v) is 4.38. The number of nitrogens with zero attached hydrogens (tertiary/aromatic N) is 4. The van der Waals surface area contributed by atoms with Crippen molar-refractivity contribution in [1.29, 1.82) is 0 Å². The first-order chi connectivity index (χ1) is 14.7. The third kappa shape index (κ3) is 4.85. The van der Waals surface area contributed by atoms with E-state index in [0.717, 1.165) is 22.3 Å². The molecule has 0 aliphatic carbocycles. The minimum atomic E-state index is -0.209. The zero-order valence-corrected chi connectivity index (χ0v) is 16.5. The standard InChI is InChI=1S/C22H21N7O/c1-15-10-11-23-21(14-15)27-20-9-8-19(28-29-20)24-12-13-25-22(30)18-7-6-16-4-2-3-5-17(16)26-18/h2-11,14H,12-13H2,1H3,(H,24,28)(H,25,30)(H,23,27,29). The number of fused-ring (bicyclic) bond motifs is 1. The van der Waals surface area contributed by atoms with Gasteiger partial charge < -0.3 is 16.0 Å². The molecule has 30 heavy (non-hydrogen) atoms. The number of carbonyl (C=O) groups is 1. The first-order valence-electron chi connectivity index (χ1n) is 9.59. The Hall–Kier alpha value is -4.07. The summed E-state index contributed by atoms with van der Waals surface area (Å²) >= 11 is 0. The highest BCUT2D eigenvalue weighted by Gasteiger charge is 2.07. The molecular formula is C22H21N7O. The molecule has 3 aromatic heterocycles. The number of anilines is 3. The Morgan fingerprint density at radius 1 is 0.900 bits per heavy atom. The van der Waals surface area contributed by atoms with Crippen LogP contribution in [-0.4, -0.2) is 39.2 Å². The summed E-state index contributed by atoms with van der Waals surface area (Å²) in [4.78, 5) is 20.9. The second kappa shape index (κ2) is 8.95. The fraction of sp³-hybridized carbons (Fsp3) is 0.136.